The van der Waals surface area contributed by atoms with Crippen molar-refractivity contribution in [1.82, 2.24) is 0 Å². The molecule has 5 heteroatoms. The number of methoxy groups -OCH3 is 2. The molecule has 0 aromatic rings. The van der Waals surface area contributed by atoms with E-state index in [9.17, 15) is 9.59 Å². The normalized spacial score (nSPS) is 14.5. The van der Waals surface area contributed by atoms with Gasteiger partial charge >= 0.3 is 11.9 Å². The minimum atomic E-state index is -0.285. The topological polar surface area (TPSA) is 61.8 Å². The number of hydrogen-bond acceptors (Lipinski definition) is 5. The molecule has 1 rings (SSSR count). The second-order valence-corrected chi connectivity index (χ2v) is 5.72. The zero-order valence-corrected chi connectivity index (χ0v) is 18.7. The average Bonchev–Trinajstić information content (AvgIpc) is 3.08. The molecule has 1 aliphatic rings. The summed E-state index contributed by atoms with van der Waals surface area (Å²) in [5.41, 5.74) is 0. The van der Waals surface area contributed by atoms with Crippen LogP contribution in [0.25, 0.3) is 0 Å². The summed E-state index contributed by atoms with van der Waals surface area (Å²) < 4.78 is 13.9. The quantitative estimate of drug-likeness (QED) is 0.317. The first-order valence-electron chi connectivity index (χ1n) is 9.70. The summed E-state index contributed by atoms with van der Waals surface area (Å²) in [5, 5.41) is 0. The minimum Gasteiger partial charge on any atom is -0.496 e. The van der Waals surface area contributed by atoms with Gasteiger partial charge in [0.2, 0.25) is 0 Å². The molecule has 0 aromatic heterocycles. The number of hydrogen-bond donors (Lipinski definition) is 0. The van der Waals surface area contributed by atoms with Gasteiger partial charge in [-0.05, 0) is 39.5 Å². The van der Waals surface area contributed by atoms with Gasteiger partial charge in [-0.25, -0.2) is 4.79 Å². The van der Waals surface area contributed by atoms with Crippen LogP contribution in [-0.2, 0) is 23.8 Å². The van der Waals surface area contributed by atoms with Crippen LogP contribution < -0.4 is 0 Å². The molecule has 5 nitrogen and oxygen atoms in total. The Morgan fingerprint density at radius 1 is 1.18 bits per heavy atom. The predicted octanol–water partition coefficient (Wildman–Crippen LogP) is 5.92. The van der Waals surface area contributed by atoms with Crippen LogP contribution in [-0.4, -0.2) is 32.3 Å². The van der Waals surface area contributed by atoms with Crippen molar-refractivity contribution in [1.29, 1.82) is 0 Å². The molecule has 0 spiro atoms. The largest absolute Gasteiger partial charge is 0.496 e. The lowest BCUT2D eigenvalue weighted by Gasteiger charge is -1.99. The van der Waals surface area contributed by atoms with Crippen molar-refractivity contribution in [2.45, 2.75) is 72.3 Å². The van der Waals surface area contributed by atoms with Crippen LogP contribution in [0.4, 0.5) is 0 Å². The second-order valence-electron chi connectivity index (χ2n) is 5.72. The van der Waals surface area contributed by atoms with Crippen molar-refractivity contribution >= 4 is 11.9 Å². The molecule has 0 amide bonds. The highest BCUT2D eigenvalue weighted by molar-refractivity contribution is 5.81. The monoisotopic (exact) mass is 396 g/mol. The third-order valence-corrected chi connectivity index (χ3v) is 3.14. The Labute approximate surface area is 172 Å². The number of ether oxygens (including phenoxy) is 3. The summed E-state index contributed by atoms with van der Waals surface area (Å²) in [6, 6.07) is 0. The average molecular weight is 397 g/mol. The molecular weight excluding hydrogens is 356 g/mol. The van der Waals surface area contributed by atoms with Gasteiger partial charge in [0, 0.05) is 18.9 Å². The first-order valence-corrected chi connectivity index (χ1v) is 9.70. The lowest BCUT2D eigenvalue weighted by atomic mass is 10.2. The highest BCUT2D eigenvalue weighted by Gasteiger charge is 2.12. The molecule has 0 bridgehead atoms. The van der Waals surface area contributed by atoms with Crippen LogP contribution in [0.5, 0.6) is 0 Å². The molecule has 0 saturated carbocycles. The van der Waals surface area contributed by atoms with E-state index in [0.717, 1.165) is 31.4 Å². The SMILES string of the molecule is C=C1CCC(C)O1.C=CCCC(=O)OC.CC=CCC.CCC=CC(=O)OC. The van der Waals surface area contributed by atoms with Crippen LogP contribution in [0.1, 0.15) is 66.2 Å². The number of esters is 2. The van der Waals surface area contributed by atoms with Crippen molar-refractivity contribution in [2.24, 2.45) is 0 Å². The van der Waals surface area contributed by atoms with Crippen molar-refractivity contribution in [3.8, 4) is 0 Å². The zero-order valence-electron chi connectivity index (χ0n) is 18.7. The molecule has 162 valence electrons. The van der Waals surface area contributed by atoms with Gasteiger partial charge in [-0.2, -0.15) is 0 Å². The van der Waals surface area contributed by atoms with E-state index in [1.807, 2.05) is 13.8 Å². The molecule has 1 saturated heterocycles. The Morgan fingerprint density at radius 3 is 2.04 bits per heavy atom. The summed E-state index contributed by atoms with van der Waals surface area (Å²) >= 11 is 0. The summed E-state index contributed by atoms with van der Waals surface area (Å²) in [6.07, 6.45) is 14.9. The fraction of sp³-hybridized carbons (Fsp3) is 0.565. The number of carbonyl (C=O) groups is 2. The van der Waals surface area contributed by atoms with Gasteiger partial charge in [0.1, 0.15) is 0 Å². The van der Waals surface area contributed by atoms with Crippen LogP contribution in [0.15, 0.2) is 49.3 Å². The smallest absolute Gasteiger partial charge is 0.330 e. The maximum absolute atomic E-state index is 10.3. The predicted molar refractivity (Wildman–Crippen MR) is 117 cm³/mol. The van der Waals surface area contributed by atoms with Crippen LogP contribution >= 0.6 is 0 Å². The van der Waals surface area contributed by atoms with E-state index in [2.05, 4.69) is 48.6 Å². The number of allylic oxidation sites excluding steroid dienone is 5. The number of carbonyl (C=O) groups excluding carboxylic acids is 2. The second kappa shape index (κ2) is 24.7. The first-order chi connectivity index (χ1) is 13.3. The van der Waals surface area contributed by atoms with E-state index in [1.165, 1.54) is 20.3 Å². The molecular formula is C23H40O5. The van der Waals surface area contributed by atoms with E-state index in [4.69, 9.17) is 4.74 Å². The van der Waals surface area contributed by atoms with Crippen molar-refractivity contribution in [2.75, 3.05) is 14.2 Å². The molecule has 1 unspecified atom stereocenters. The lowest BCUT2D eigenvalue weighted by molar-refractivity contribution is -0.140. The van der Waals surface area contributed by atoms with Crippen molar-refractivity contribution in [3.63, 3.8) is 0 Å². The van der Waals surface area contributed by atoms with Gasteiger partial charge in [-0.1, -0.05) is 44.7 Å². The van der Waals surface area contributed by atoms with Gasteiger partial charge in [0.05, 0.1) is 26.1 Å². The van der Waals surface area contributed by atoms with Crippen molar-refractivity contribution in [3.05, 3.63) is 49.3 Å². The van der Waals surface area contributed by atoms with Crippen LogP contribution in [0.2, 0.25) is 0 Å². The highest BCUT2D eigenvalue weighted by atomic mass is 16.5. The van der Waals surface area contributed by atoms with Gasteiger partial charge in [0.15, 0.2) is 0 Å². The van der Waals surface area contributed by atoms with Crippen LogP contribution in [0.3, 0.4) is 0 Å². The summed E-state index contributed by atoms with van der Waals surface area (Å²) in [5.74, 6) is 0.490. The van der Waals surface area contributed by atoms with Gasteiger partial charge in [-0.15, -0.1) is 6.58 Å². The van der Waals surface area contributed by atoms with Gasteiger partial charge in [-0.3, -0.25) is 4.79 Å². The Kier molecular flexibility index (Phi) is 26.8. The Hall–Kier alpha value is -2.30. The van der Waals surface area contributed by atoms with E-state index in [0.29, 0.717) is 18.9 Å². The molecule has 1 atom stereocenters. The van der Waals surface area contributed by atoms with E-state index in [-0.39, 0.29) is 11.9 Å². The third kappa shape index (κ3) is 28.5. The fourth-order valence-electron chi connectivity index (χ4n) is 1.61. The third-order valence-electron chi connectivity index (χ3n) is 3.14. The standard InChI is InChI=1S/2C6H10O2.C6H10O.C5H10/c2*1-3-4-5-6(7)8-2;1-5-3-4-6(2)7-5;1-3-5-4-2/h4-5H,3H2,1-2H3;3H,1,4-5H2,2H3;6H,1,3-4H2,2H3;3,5H,4H2,1-2H3. The molecule has 1 aliphatic heterocycles. The number of rotatable bonds is 6. The minimum absolute atomic E-state index is 0.176. The molecule has 28 heavy (non-hydrogen) atoms. The molecule has 0 radical (unpaired) electrons. The zero-order chi connectivity index (χ0) is 22.2. The molecule has 1 fully saturated rings. The molecule has 0 N–H and O–H groups in total. The van der Waals surface area contributed by atoms with Gasteiger partial charge < -0.3 is 14.2 Å². The van der Waals surface area contributed by atoms with Gasteiger partial charge in [0.25, 0.3) is 0 Å². The fourth-order valence-corrected chi connectivity index (χ4v) is 1.61. The van der Waals surface area contributed by atoms with Crippen LogP contribution in [0, 0.1) is 0 Å². The van der Waals surface area contributed by atoms with E-state index in [1.54, 1.807) is 12.2 Å². The van der Waals surface area contributed by atoms with E-state index >= 15 is 0 Å². The van der Waals surface area contributed by atoms with E-state index < -0.39 is 0 Å². The first kappa shape index (κ1) is 30.4. The lowest BCUT2D eigenvalue weighted by Crippen LogP contribution is -1.97. The Balaban J connectivity index is -0.000000302. The maximum atomic E-state index is 10.3. The highest BCUT2D eigenvalue weighted by Crippen LogP contribution is 2.19. The summed E-state index contributed by atoms with van der Waals surface area (Å²) in [6.45, 7) is 15.3. The molecule has 1 heterocycles. The Morgan fingerprint density at radius 2 is 1.79 bits per heavy atom. The Bertz CT molecular complexity index is 464. The molecule has 0 aromatic carbocycles. The summed E-state index contributed by atoms with van der Waals surface area (Å²) in [4.78, 5) is 20.6. The van der Waals surface area contributed by atoms with Crippen molar-refractivity contribution < 1.29 is 23.8 Å². The summed E-state index contributed by atoms with van der Waals surface area (Å²) in [7, 11) is 2.74. The maximum Gasteiger partial charge on any atom is 0.330 e. The molecule has 0 aliphatic carbocycles.